The number of carbonyl (C=O) groups is 2. The summed E-state index contributed by atoms with van der Waals surface area (Å²) in [5.74, 6) is -0.356. The minimum absolute atomic E-state index is 0.156. The van der Waals surface area contributed by atoms with Crippen LogP contribution in [0.3, 0.4) is 0 Å². The molecule has 0 spiro atoms. The summed E-state index contributed by atoms with van der Waals surface area (Å²) in [7, 11) is 0. The van der Waals surface area contributed by atoms with E-state index in [2.05, 4.69) is 25.3 Å². The van der Waals surface area contributed by atoms with Gasteiger partial charge in [-0.1, -0.05) is 0 Å². The fourth-order valence-electron chi connectivity index (χ4n) is 1.44. The third-order valence-corrected chi connectivity index (χ3v) is 3.05. The molecule has 0 aromatic carbocycles. The maximum absolute atomic E-state index is 11.6. The number of nitrogens with zero attached hydrogens (tertiary/aromatic N) is 1. The van der Waals surface area contributed by atoms with Crippen LogP contribution in [0.2, 0.25) is 0 Å². The van der Waals surface area contributed by atoms with Crippen LogP contribution >= 0.6 is 11.3 Å². The molecule has 20 heavy (non-hydrogen) atoms. The fourth-order valence-corrected chi connectivity index (χ4v) is 2.17. The van der Waals surface area contributed by atoms with E-state index in [4.69, 9.17) is 0 Å². The molecule has 7 nitrogen and oxygen atoms in total. The van der Waals surface area contributed by atoms with E-state index in [-0.39, 0.29) is 19.1 Å². The first-order valence-electron chi connectivity index (χ1n) is 5.98. The summed E-state index contributed by atoms with van der Waals surface area (Å²) >= 11 is 1.31. The lowest BCUT2D eigenvalue weighted by Gasteiger charge is -2.04. The SMILES string of the molecule is CCOC(=O)NCC(=O)Nc1nc(-c2ccc[nH]2)cs1. The monoisotopic (exact) mass is 294 g/mol. The normalized spacial score (nSPS) is 10.1. The van der Waals surface area contributed by atoms with Crippen LogP contribution in [0.5, 0.6) is 0 Å². The lowest BCUT2D eigenvalue weighted by atomic mass is 10.3. The molecule has 0 bridgehead atoms. The maximum Gasteiger partial charge on any atom is 0.407 e. The van der Waals surface area contributed by atoms with E-state index < -0.39 is 6.09 Å². The molecule has 0 aliphatic heterocycles. The Morgan fingerprint density at radius 1 is 1.50 bits per heavy atom. The highest BCUT2D eigenvalue weighted by Gasteiger charge is 2.09. The van der Waals surface area contributed by atoms with Crippen molar-refractivity contribution in [2.24, 2.45) is 0 Å². The third-order valence-electron chi connectivity index (χ3n) is 2.29. The van der Waals surface area contributed by atoms with Crippen molar-refractivity contribution >= 4 is 28.5 Å². The van der Waals surface area contributed by atoms with E-state index in [1.54, 1.807) is 13.1 Å². The number of hydrogen-bond acceptors (Lipinski definition) is 5. The van der Waals surface area contributed by atoms with Gasteiger partial charge >= 0.3 is 6.09 Å². The number of amides is 2. The molecule has 0 aliphatic carbocycles. The summed E-state index contributed by atoms with van der Waals surface area (Å²) in [6.45, 7) is 1.80. The van der Waals surface area contributed by atoms with Crippen LogP contribution in [0.25, 0.3) is 11.4 Å². The van der Waals surface area contributed by atoms with Gasteiger partial charge in [0.15, 0.2) is 5.13 Å². The van der Waals surface area contributed by atoms with Crippen molar-refractivity contribution in [1.82, 2.24) is 15.3 Å². The van der Waals surface area contributed by atoms with E-state index in [0.717, 1.165) is 11.4 Å². The molecule has 2 rings (SSSR count). The van der Waals surface area contributed by atoms with Crippen LogP contribution in [0.15, 0.2) is 23.7 Å². The van der Waals surface area contributed by atoms with Gasteiger partial charge in [-0.15, -0.1) is 11.3 Å². The highest BCUT2D eigenvalue weighted by molar-refractivity contribution is 7.14. The van der Waals surface area contributed by atoms with E-state index in [1.165, 1.54) is 11.3 Å². The molecule has 0 radical (unpaired) electrons. The minimum atomic E-state index is -0.617. The second kappa shape index (κ2) is 6.71. The first kappa shape index (κ1) is 14.1. The van der Waals surface area contributed by atoms with Gasteiger partial charge in [-0.05, 0) is 19.1 Å². The molecule has 0 saturated carbocycles. The summed E-state index contributed by atoms with van der Waals surface area (Å²) in [6.07, 6.45) is 1.18. The Kier molecular flexibility index (Phi) is 4.72. The van der Waals surface area contributed by atoms with Crippen molar-refractivity contribution in [1.29, 1.82) is 0 Å². The van der Waals surface area contributed by atoms with Crippen molar-refractivity contribution in [2.45, 2.75) is 6.92 Å². The molecule has 0 aliphatic rings. The number of carbonyl (C=O) groups excluding carboxylic acids is 2. The smallest absolute Gasteiger partial charge is 0.407 e. The molecule has 2 aromatic heterocycles. The number of nitrogens with one attached hydrogen (secondary N) is 3. The van der Waals surface area contributed by atoms with Gasteiger partial charge in [0, 0.05) is 11.6 Å². The first-order chi connectivity index (χ1) is 9.69. The molecule has 2 aromatic rings. The average Bonchev–Trinajstić information content (AvgIpc) is 3.07. The molecule has 0 atom stereocenters. The zero-order chi connectivity index (χ0) is 14.4. The van der Waals surface area contributed by atoms with E-state index in [0.29, 0.717) is 5.13 Å². The van der Waals surface area contributed by atoms with Gasteiger partial charge in [0.25, 0.3) is 0 Å². The number of alkyl carbamates (subject to hydrolysis) is 1. The topological polar surface area (TPSA) is 96.1 Å². The number of ether oxygens (including phenoxy) is 1. The van der Waals surface area contributed by atoms with Gasteiger partial charge in [0.1, 0.15) is 6.54 Å². The zero-order valence-electron chi connectivity index (χ0n) is 10.8. The first-order valence-corrected chi connectivity index (χ1v) is 6.86. The standard InChI is InChI=1S/C12H14N4O3S/c1-2-19-12(18)14-6-10(17)16-11-15-9(7-20-11)8-4-3-5-13-8/h3-5,7,13H,2,6H2,1H3,(H,14,18)(H,15,16,17). The predicted octanol–water partition coefficient (Wildman–Crippen LogP) is 1.82. The van der Waals surface area contributed by atoms with Crippen LogP contribution < -0.4 is 10.6 Å². The van der Waals surface area contributed by atoms with Gasteiger partial charge in [0.2, 0.25) is 5.91 Å². The van der Waals surface area contributed by atoms with Crippen molar-refractivity contribution in [2.75, 3.05) is 18.5 Å². The van der Waals surface area contributed by atoms with Gasteiger partial charge in [-0.25, -0.2) is 9.78 Å². The van der Waals surface area contributed by atoms with Gasteiger partial charge < -0.3 is 20.4 Å². The van der Waals surface area contributed by atoms with Gasteiger partial charge in [-0.2, -0.15) is 0 Å². The van der Waals surface area contributed by atoms with Crippen LogP contribution in [0.4, 0.5) is 9.93 Å². The summed E-state index contributed by atoms with van der Waals surface area (Å²) in [6, 6.07) is 3.76. The Balaban J connectivity index is 1.84. The quantitative estimate of drug-likeness (QED) is 0.783. The maximum atomic E-state index is 11.6. The predicted molar refractivity (Wildman–Crippen MR) is 75.6 cm³/mol. The van der Waals surface area contributed by atoms with Crippen molar-refractivity contribution in [3.8, 4) is 11.4 Å². The lowest BCUT2D eigenvalue weighted by Crippen LogP contribution is -2.33. The van der Waals surface area contributed by atoms with Crippen LogP contribution in [-0.2, 0) is 9.53 Å². The van der Waals surface area contributed by atoms with E-state index in [1.807, 2.05) is 17.5 Å². The fraction of sp³-hybridized carbons (Fsp3) is 0.250. The van der Waals surface area contributed by atoms with Crippen LogP contribution in [-0.4, -0.2) is 35.1 Å². The Labute approximate surface area is 119 Å². The molecule has 2 heterocycles. The molecular weight excluding hydrogens is 280 g/mol. The second-order valence-corrected chi connectivity index (χ2v) is 4.60. The van der Waals surface area contributed by atoms with E-state index in [9.17, 15) is 9.59 Å². The van der Waals surface area contributed by atoms with Crippen molar-refractivity contribution in [3.63, 3.8) is 0 Å². The summed E-state index contributed by atoms with van der Waals surface area (Å²) in [5, 5.41) is 7.25. The zero-order valence-corrected chi connectivity index (χ0v) is 11.6. The van der Waals surface area contributed by atoms with E-state index >= 15 is 0 Å². The Morgan fingerprint density at radius 3 is 3.05 bits per heavy atom. The minimum Gasteiger partial charge on any atom is -0.450 e. The van der Waals surface area contributed by atoms with Gasteiger partial charge in [0.05, 0.1) is 18.0 Å². The Bertz CT molecular complexity index is 579. The molecule has 106 valence electrons. The molecule has 0 unspecified atom stereocenters. The summed E-state index contributed by atoms with van der Waals surface area (Å²) < 4.78 is 4.65. The summed E-state index contributed by atoms with van der Waals surface area (Å²) in [4.78, 5) is 29.9. The van der Waals surface area contributed by atoms with Gasteiger partial charge in [-0.3, -0.25) is 4.79 Å². The molecule has 0 fully saturated rings. The molecule has 3 N–H and O–H groups in total. The molecule has 2 amide bonds. The third kappa shape index (κ3) is 3.82. The number of aromatic amines is 1. The second-order valence-electron chi connectivity index (χ2n) is 3.74. The summed E-state index contributed by atoms with van der Waals surface area (Å²) in [5.41, 5.74) is 1.64. The largest absolute Gasteiger partial charge is 0.450 e. The van der Waals surface area contributed by atoms with Crippen LogP contribution in [0, 0.1) is 0 Å². The molecular formula is C12H14N4O3S. The number of hydrogen-bond donors (Lipinski definition) is 3. The Hall–Kier alpha value is -2.35. The molecule has 8 heteroatoms. The van der Waals surface area contributed by atoms with Crippen molar-refractivity contribution in [3.05, 3.63) is 23.7 Å². The number of rotatable bonds is 5. The Morgan fingerprint density at radius 2 is 2.35 bits per heavy atom. The van der Waals surface area contributed by atoms with Crippen LogP contribution in [0.1, 0.15) is 6.92 Å². The number of thiazole rings is 1. The van der Waals surface area contributed by atoms with Crippen molar-refractivity contribution < 1.29 is 14.3 Å². The highest BCUT2D eigenvalue weighted by atomic mass is 32.1. The molecule has 0 saturated heterocycles. The number of anilines is 1. The highest BCUT2D eigenvalue weighted by Crippen LogP contribution is 2.23. The average molecular weight is 294 g/mol. The number of H-pyrrole nitrogens is 1. The lowest BCUT2D eigenvalue weighted by molar-refractivity contribution is -0.115. The number of aromatic nitrogens is 2.